The third-order valence-corrected chi connectivity index (χ3v) is 3.09. The Balaban J connectivity index is 1.98. The zero-order chi connectivity index (χ0) is 14.4. The smallest absolute Gasteiger partial charge is 0.255 e. The van der Waals surface area contributed by atoms with Crippen LogP contribution in [0.3, 0.4) is 0 Å². The van der Waals surface area contributed by atoms with Gasteiger partial charge in [0.25, 0.3) is 5.91 Å². The molecule has 1 aromatic rings. The first-order chi connectivity index (χ1) is 9.70. The Morgan fingerprint density at radius 2 is 2.15 bits per heavy atom. The number of anilines is 1. The van der Waals surface area contributed by atoms with E-state index in [1.807, 2.05) is 6.92 Å². The predicted molar refractivity (Wildman–Crippen MR) is 74.3 cm³/mol. The lowest BCUT2D eigenvalue weighted by atomic mass is 10.1. The summed E-state index contributed by atoms with van der Waals surface area (Å²) in [6, 6.07) is -0.474. The van der Waals surface area contributed by atoms with Crippen molar-refractivity contribution in [2.45, 2.75) is 32.2 Å². The number of carbonyl (C=O) groups is 2. The summed E-state index contributed by atoms with van der Waals surface area (Å²) >= 11 is 0. The van der Waals surface area contributed by atoms with Crippen molar-refractivity contribution in [3.8, 4) is 0 Å². The number of rotatable bonds is 4. The molecule has 3 N–H and O–H groups in total. The minimum Gasteiger partial charge on any atom is -0.355 e. The van der Waals surface area contributed by atoms with Gasteiger partial charge in [0.2, 0.25) is 11.9 Å². The van der Waals surface area contributed by atoms with Crippen LogP contribution in [0.4, 0.5) is 5.95 Å². The fourth-order valence-corrected chi connectivity index (χ4v) is 2.01. The first-order valence-electron chi connectivity index (χ1n) is 6.85. The summed E-state index contributed by atoms with van der Waals surface area (Å²) in [5, 5.41) is 8.46. The van der Waals surface area contributed by atoms with Crippen molar-refractivity contribution in [2.24, 2.45) is 0 Å². The van der Waals surface area contributed by atoms with Gasteiger partial charge in [-0.2, -0.15) is 0 Å². The molecule has 0 aromatic carbocycles. The summed E-state index contributed by atoms with van der Waals surface area (Å²) in [6.07, 6.45) is 5.43. The molecule has 2 heterocycles. The van der Waals surface area contributed by atoms with E-state index in [2.05, 4.69) is 25.9 Å². The van der Waals surface area contributed by atoms with E-state index in [9.17, 15) is 9.59 Å². The molecule has 0 bridgehead atoms. The Hall–Kier alpha value is -2.18. The number of aromatic nitrogens is 2. The summed E-state index contributed by atoms with van der Waals surface area (Å²) in [7, 11) is 0. The van der Waals surface area contributed by atoms with Crippen LogP contribution in [0, 0.1) is 0 Å². The fourth-order valence-electron chi connectivity index (χ4n) is 2.01. The molecule has 0 saturated carbocycles. The topological polar surface area (TPSA) is 96.0 Å². The summed E-state index contributed by atoms with van der Waals surface area (Å²) in [5.74, 6) is 0.0346. The van der Waals surface area contributed by atoms with Crippen LogP contribution in [0.25, 0.3) is 0 Å². The van der Waals surface area contributed by atoms with Crippen molar-refractivity contribution >= 4 is 17.8 Å². The number of nitrogens with one attached hydrogen (secondary N) is 3. The van der Waals surface area contributed by atoms with Gasteiger partial charge in [0, 0.05) is 25.5 Å². The molecule has 0 radical (unpaired) electrons. The predicted octanol–water partition coefficient (Wildman–Crippen LogP) is 0.307. The van der Waals surface area contributed by atoms with Crippen molar-refractivity contribution in [1.29, 1.82) is 0 Å². The second-order valence-corrected chi connectivity index (χ2v) is 4.64. The molecule has 7 heteroatoms. The normalized spacial score (nSPS) is 18.9. The standard InChI is InChI=1S/C13H19N5O2/c1-2-14-13-16-7-9(8-17-13)11(19)18-10-5-3-4-6-15-12(10)20/h7-8,10H,2-6H2,1H3,(H,15,20)(H,18,19)(H,14,16,17)/t10-/m0/s1. The SMILES string of the molecule is CCNc1ncc(C(=O)N[C@H]2CCCCNC2=O)cn1. The minimum absolute atomic E-state index is 0.124. The van der Waals surface area contributed by atoms with E-state index in [1.165, 1.54) is 12.4 Å². The Morgan fingerprint density at radius 1 is 1.40 bits per heavy atom. The molecule has 0 spiro atoms. The first kappa shape index (κ1) is 14.2. The van der Waals surface area contributed by atoms with Gasteiger partial charge in [0.15, 0.2) is 0 Å². The van der Waals surface area contributed by atoms with Crippen LogP contribution in [0.1, 0.15) is 36.5 Å². The molecular weight excluding hydrogens is 258 g/mol. The molecule has 1 aliphatic rings. The highest BCUT2D eigenvalue weighted by Crippen LogP contribution is 2.07. The number of carbonyl (C=O) groups excluding carboxylic acids is 2. The van der Waals surface area contributed by atoms with E-state index in [0.717, 1.165) is 12.8 Å². The first-order valence-corrected chi connectivity index (χ1v) is 6.85. The van der Waals surface area contributed by atoms with Gasteiger partial charge in [-0.25, -0.2) is 9.97 Å². The Morgan fingerprint density at radius 3 is 2.85 bits per heavy atom. The maximum absolute atomic E-state index is 12.0. The molecule has 0 unspecified atom stereocenters. The van der Waals surface area contributed by atoms with Crippen molar-refractivity contribution in [1.82, 2.24) is 20.6 Å². The van der Waals surface area contributed by atoms with Gasteiger partial charge in [-0.1, -0.05) is 0 Å². The monoisotopic (exact) mass is 277 g/mol. The third-order valence-electron chi connectivity index (χ3n) is 3.09. The molecule has 2 rings (SSSR count). The lowest BCUT2D eigenvalue weighted by Crippen LogP contribution is -2.45. The van der Waals surface area contributed by atoms with E-state index in [4.69, 9.17) is 0 Å². The lowest BCUT2D eigenvalue weighted by Gasteiger charge is -2.14. The van der Waals surface area contributed by atoms with Crippen LogP contribution in [-0.2, 0) is 4.79 Å². The van der Waals surface area contributed by atoms with E-state index in [1.54, 1.807) is 0 Å². The largest absolute Gasteiger partial charge is 0.355 e. The van der Waals surface area contributed by atoms with E-state index in [0.29, 0.717) is 31.0 Å². The Labute approximate surface area is 117 Å². The number of nitrogens with zero attached hydrogens (tertiary/aromatic N) is 2. The number of hydrogen-bond donors (Lipinski definition) is 3. The zero-order valence-electron chi connectivity index (χ0n) is 11.5. The molecule has 108 valence electrons. The number of amides is 2. The highest BCUT2D eigenvalue weighted by atomic mass is 16.2. The van der Waals surface area contributed by atoms with Gasteiger partial charge in [0.05, 0.1) is 5.56 Å². The summed E-state index contributed by atoms with van der Waals surface area (Å²) < 4.78 is 0. The molecule has 1 aromatic heterocycles. The third kappa shape index (κ3) is 3.66. The average molecular weight is 277 g/mol. The van der Waals surface area contributed by atoms with Crippen molar-refractivity contribution in [2.75, 3.05) is 18.4 Å². The van der Waals surface area contributed by atoms with Crippen molar-refractivity contribution < 1.29 is 9.59 Å². The number of hydrogen-bond acceptors (Lipinski definition) is 5. The minimum atomic E-state index is -0.474. The van der Waals surface area contributed by atoms with Crippen LogP contribution >= 0.6 is 0 Å². The average Bonchev–Trinajstić information content (AvgIpc) is 2.65. The lowest BCUT2D eigenvalue weighted by molar-refractivity contribution is -0.122. The van der Waals surface area contributed by atoms with E-state index < -0.39 is 6.04 Å². The second kappa shape index (κ2) is 6.83. The van der Waals surface area contributed by atoms with Crippen molar-refractivity contribution in [3.05, 3.63) is 18.0 Å². The molecule has 7 nitrogen and oxygen atoms in total. The maximum Gasteiger partial charge on any atom is 0.255 e. The molecule has 2 amide bonds. The van der Waals surface area contributed by atoms with Gasteiger partial charge in [-0.15, -0.1) is 0 Å². The summed E-state index contributed by atoms with van der Waals surface area (Å²) in [6.45, 7) is 3.33. The quantitative estimate of drug-likeness (QED) is 0.736. The summed E-state index contributed by atoms with van der Waals surface area (Å²) in [4.78, 5) is 31.9. The fraction of sp³-hybridized carbons (Fsp3) is 0.538. The van der Waals surface area contributed by atoms with Gasteiger partial charge < -0.3 is 16.0 Å². The van der Waals surface area contributed by atoms with Crippen molar-refractivity contribution in [3.63, 3.8) is 0 Å². The molecule has 1 aliphatic heterocycles. The van der Waals surface area contributed by atoms with Gasteiger partial charge in [0.1, 0.15) is 6.04 Å². The molecule has 1 fully saturated rings. The van der Waals surface area contributed by atoms with Crippen LogP contribution in [0.2, 0.25) is 0 Å². The van der Waals surface area contributed by atoms with Crippen LogP contribution in [0.5, 0.6) is 0 Å². The molecule has 1 atom stereocenters. The zero-order valence-corrected chi connectivity index (χ0v) is 11.5. The van der Waals surface area contributed by atoms with Crippen LogP contribution in [0.15, 0.2) is 12.4 Å². The second-order valence-electron chi connectivity index (χ2n) is 4.64. The van der Waals surface area contributed by atoms with E-state index >= 15 is 0 Å². The Kier molecular flexibility index (Phi) is 4.86. The van der Waals surface area contributed by atoms with E-state index in [-0.39, 0.29) is 11.8 Å². The molecular formula is C13H19N5O2. The van der Waals surface area contributed by atoms with Crippen LogP contribution < -0.4 is 16.0 Å². The van der Waals surface area contributed by atoms with Gasteiger partial charge >= 0.3 is 0 Å². The highest BCUT2D eigenvalue weighted by Gasteiger charge is 2.23. The van der Waals surface area contributed by atoms with Crippen LogP contribution in [-0.4, -0.2) is 40.9 Å². The molecule has 1 saturated heterocycles. The molecule has 20 heavy (non-hydrogen) atoms. The van der Waals surface area contributed by atoms with Gasteiger partial charge in [-0.3, -0.25) is 9.59 Å². The van der Waals surface area contributed by atoms with Gasteiger partial charge in [-0.05, 0) is 26.2 Å². The highest BCUT2D eigenvalue weighted by molar-refractivity contribution is 5.97. The maximum atomic E-state index is 12.0. The Bertz CT molecular complexity index is 474. The summed E-state index contributed by atoms with van der Waals surface area (Å²) in [5.41, 5.74) is 0.351. The molecule has 0 aliphatic carbocycles.